The van der Waals surface area contributed by atoms with Gasteiger partial charge < -0.3 is 5.32 Å². The van der Waals surface area contributed by atoms with Gasteiger partial charge in [0.05, 0.1) is 10.2 Å². The second-order valence-corrected chi connectivity index (χ2v) is 5.55. The van der Waals surface area contributed by atoms with Crippen LogP contribution in [0.25, 0.3) is 10.2 Å². The smallest absolute Gasteiger partial charge is 0.0809 e. The van der Waals surface area contributed by atoms with Crippen molar-refractivity contribution in [2.75, 3.05) is 7.05 Å². The number of rotatable bonds is 4. The number of thiophene rings is 1. The molecule has 0 fully saturated rings. The second kappa shape index (κ2) is 5.51. The summed E-state index contributed by atoms with van der Waals surface area (Å²) < 4.78 is 1.26. The van der Waals surface area contributed by atoms with Gasteiger partial charge in [0, 0.05) is 12.2 Å². The molecule has 0 radical (unpaired) electrons. The molecule has 0 amide bonds. The van der Waals surface area contributed by atoms with Gasteiger partial charge in [0.15, 0.2) is 0 Å². The number of pyridine rings is 1. The van der Waals surface area contributed by atoms with Crippen molar-refractivity contribution in [2.45, 2.75) is 12.5 Å². The van der Waals surface area contributed by atoms with Crippen molar-refractivity contribution in [3.8, 4) is 0 Å². The summed E-state index contributed by atoms with van der Waals surface area (Å²) in [6.45, 7) is 0. The van der Waals surface area contributed by atoms with E-state index in [0.29, 0.717) is 6.04 Å². The van der Waals surface area contributed by atoms with Gasteiger partial charge in [0.25, 0.3) is 0 Å². The molecule has 19 heavy (non-hydrogen) atoms. The normalized spacial score (nSPS) is 12.7. The van der Waals surface area contributed by atoms with E-state index >= 15 is 0 Å². The summed E-state index contributed by atoms with van der Waals surface area (Å²) in [5, 5.41) is 5.48. The van der Waals surface area contributed by atoms with E-state index in [1.165, 1.54) is 15.8 Å². The average Bonchev–Trinajstić information content (AvgIpc) is 2.93. The molecule has 0 bridgehead atoms. The lowest BCUT2D eigenvalue weighted by atomic mass is 10.0. The number of hydrogen-bond donors (Lipinski definition) is 1. The zero-order valence-electron chi connectivity index (χ0n) is 10.8. The molecule has 0 aliphatic carbocycles. The lowest BCUT2D eigenvalue weighted by molar-refractivity contribution is 0.591. The molecule has 0 saturated carbocycles. The summed E-state index contributed by atoms with van der Waals surface area (Å²) in [5.41, 5.74) is 3.68. The quantitative estimate of drug-likeness (QED) is 0.778. The van der Waals surface area contributed by atoms with Gasteiger partial charge in [-0.3, -0.25) is 4.98 Å². The van der Waals surface area contributed by atoms with Crippen molar-refractivity contribution in [1.82, 2.24) is 10.3 Å². The van der Waals surface area contributed by atoms with E-state index < -0.39 is 0 Å². The summed E-state index contributed by atoms with van der Waals surface area (Å²) in [4.78, 5) is 4.52. The maximum Gasteiger partial charge on any atom is 0.0809 e. The van der Waals surface area contributed by atoms with Gasteiger partial charge in [-0.05, 0) is 42.1 Å². The van der Waals surface area contributed by atoms with E-state index in [0.717, 1.165) is 11.9 Å². The first-order valence-corrected chi connectivity index (χ1v) is 7.29. The third kappa shape index (κ3) is 2.67. The van der Waals surface area contributed by atoms with Crippen LogP contribution in [0.3, 0.4) is 0 Å². The van der Waals surface area contributed by atoms with E-state index in [2.05, 4.69) is 58.1 Å². The number of benzene rings is 1. The SMILES string of the molecule is CNC(Cc1ccccc1)c1cnc2ccsc2c1. The monoisotopic (exact) mass is 268 g/mol. The number of fused-ring (bicyclic) bond motifs is 1. The van der Waals surface area contributed by atoms with Crippen LogP contribution in [0.2, 0.25) is 0 Å². The van der Waals surface area contributed by atoms with Crippen LogP contribution in [0.15, 0.2) is 54.0 Å². The molecule has 2 heterocycles. The van der Waals surface area contributed by atoms with Crippen LogP contribution in [0.4, 0.5) is 0 Å². The fraction of sp³-hybridized carbons (Fsp3) is 0.188. The molecule has 2 aromatic heterocycles. The summed E-state index contributed by atoms with van der Waals surface area (Å²) in [5.74, 6) is 0. The molecule has 0 saturated heterocycles. The lowest BCUT2D eigenvalue weighted by Gasteiger charge is -2.16. The molecule has 3 rings (SSSR count). The van der Waals surface area contributed by atoms with E-state index in [1.807, 2.05) is 13.2 Å². The zero-order chi connectivity index (χ0) is 13.1. The first-order chi connectivity index (χ1) is 9.36. The van der Waals surface area contributed by atoms with Crippen LogP contribution in [0, 0.1) is 0 Å². The Hall–Kier alpha value is -1.71. The van der Waals surface area contributed by atoms with E-state index in [-0.39, 0.29) is 0 Å². The zero-order valence-corrected chi connectivity index (χ0v) is 11.7. The van der Waals surface area contributed by atoms with Gasteiger partial charge in [0.1, 0.15) is 0 Å². The Balaban J connectivity index is 1.88. The Morgan fingerprint density at radius 1 is 1.21 bits per heavy atom. The van der Waals surface area contributed by atoms with Crippen molar-refractivity contribution in [3.05, 3.63) is 65.2 Å². The molecule has 0 spiro atoms. The Morgan fingerprint density at radius 3 is 2.84 bits per heavy atom. The van der Waals surface area contributed by atoms with Gasteiger partial charge in [0.2, 0.25) is 0 Å². The van der Waals surface area contributed by atoms with Crippen LogP contribution >= 0.6 is 11.3 Å². The number of hydrogen-bond acceptors (Lipinski definition) is 3. The molecule has 1 aromatic carbocycles. The maximum absolute atomic E-state index is 4.52. The van der Waals surface area contributed by atoms with Crippen LogP contribution < -0.4 is 5.32 Å². The molecule has 1 N–H and O–H groups in total. The molecule has 1 unspecified atom stereocenters. The highest BCUT2D eigenvalue weighted by Gasteiger charge is 2.11. The second-order valence-electron chi connectivity index (χ2n) is 4.60. The third-order valence-electron chi connectivity index (χ3n) is 3.36. The predicted octanol–water partition coefficient (Wildman–Crippen LogP) is 3.80. The standard InChI is InChI=1S/C16H16N2S/c1-17-15(9-12-5-3-2-4-6-12)13-10-16-14(18-11-13)7-8-19-16/h2-8,10-11,15,17H,9H2,1H3. The molecule has 96 valence electrons. The van der Waals surface area contributed by atoms with Gasteiger partial charge in [-0.1, -0.05) is 30.3 Å². The van der Waals surface area contributed by atoms with Crippen molar-refractivity contribution in [2.24, 2.45) is 0 Å². The van der Waals surface area contributed by atoms with E-state index in [4.69, 9.17) is 0 Å². The van der Waals surface area contributed by atoms with Crippen molar-refractivity contribution in [3.63, 3.8) is 0 Å². The summed E-state index contributed by atoms with van der Waals surface area (Å²) in [7, 11) is 2.01. The molecule has 0 aliphatic heterocycles. The van der Waals surface area contributed by atoms with Crippen molar-refractivity contribution >= 4 is 21.6 Å². The Labute approximate surface area is 117 Å². The summed E-state index contributed by atoms with van der Waals surface area (Å²) >= 11 is 1.75. The highest BCUT2D eigenvalue weighted by Crippen LogP contribution is 2.24. The van der Waals surface area contributed by atoms with Crippen LogP contribution in [0.1, 0.15) is 17.2 Å². The van der Waals surface area contributed by atoms with Gasteiger partial charge >= 0.3 is 0 Å². The van der Waals surface area contributed by atoms with E-state index in [1.54, 1.807) is 11.3 Å². The molecule has 3 aromatic rings. The molecule has 2 nitrogen and oxygen atoms in total. The summed E-state index contributed by atoms with van der Waals surface area (Å²) in [6.07, 6.45) is 2.97. The van der Waals surface area contributed by atoms with Crippen LogP contribution in [-0.2, 0) is 6.42 Å². The fourth-order valence-corrected chi connectivity index (χ4v) is 3.08. The topological polar surface area (TPSA) is 24.9 Å². The van der Waals surface area contributed by atoms with E-state index in [9.17, 15) is 0 Å². The largest absolute Gasteiger partial charge is 0.313 e. The lowest BCUT2D eigenvalue weighted by Crippen LogP contribution is -2.18. The molecular weight excluding hydrogens is 252 g/mol. The first kappa shape index (κ1) is 12.3. The summed E-state index contributed by atoms with van der Waals surface area (Å²) in [6, 6.07) is 15.2. The minimum absolute atomic E-state index is 0.307. The van der Waals surface area contributed by atoms with Crippen molar-refractivity contribution < 1.29 is 0 Å². The molecule has 3 heteroatoms. The number of likely N-dealkylation sites (N-methyl/N-ethyl adjacent to an activating group) is 1. The Kier molecular flexibility index (Phi) is 3.58. The van der Waals surface area contributed by atoms with Gasteiger partial charge in [-0.2, -0.15) is 0 Å². The minimum Gasteiger partial charge on any atom is -0.313 e. The predicted molar refractivity (Wildman–Crippen MR) is 81.6 cm³/mol. The molecular formula is C16H16N2S. The Morgan fingerprint density at radius 2 is 2.05 bits per heavy atom. The van der Waals surface area contributed by atoms with Gasteiger partial charge in [-0.15, -0.1) is 11.3 Å². The first-order valence-electron chi connectivity index (χ1n) is 6.41. The number of nitrogens with zero attached hydrogens (tertiary/aromatic N) is 1. The third-order valence-corrected chi connectivity index (χ3v) is 4.21. The highest BCUT2D eigenvalue weighted by molar-refractivity contribution is 7.17. The molecule has 0 aliphatic rings. The molecule has 1 atom stereocenters. The Bertz CT molecular complexity index is 661. The number of nitrogens with one attached hydrogen (secondary N) is 1. The number of aromatic nitrogens is 1. The van der Waals surface area contributed by atoms with Crippen LogP contribution in [0.5, 0.6) is 0 Å². The fourth-order valence-electron chi connectivity index (χ4n) is 2.29. The van der Waals surface area contributed by atoms with Crippen molar-refractivity contribution in [1.29, 1.82) is 0 Å². The van der Waals surface area contributed by atoms with Crippen LogP contribution in [-0.4, -0.2) is 12.0 Å². The average molecular weight is 268 g/mol. The highest BCUT2D eigenvalue weighted by atomic mass is 32.1. The maximum atomic E-state index is 4.52. The van der Waals surface area contributed by atoms with Gasteiger partial charge in [-0.25, -0.2) is 0 Å². The minimum atomic E-state index is 0.307.